The van der Waals surface area contributed by atoms with Gasteiger partial charge in [0.1, 0.15) is 5.56 Å². The molecule has 0 radical (unpaired) electrons. The monoisotopic (exact) mass is 420 g/mol. The van der Waals surface area contributed by atoms with Crippen molar-refractivity contribution in [2.75, 3.05) is 20.0 Å². The fourth-order valence-electron chi connectivity index (χ4n) is 2.10. The Morgan fingerprint density at radius 3 is 2.48 bits per heavy atom. The van der Waals surface area contributed by atoms with Crippen LogP contribution in [0, 0.1) is 0 Å². The molecule has 0 atom stereocenters. The van der Waals surface area contributed by atoms with Crippen molar-refractivity contribution in [3.63, 3.8) is 0 Å². The number of methoxy groups -OCH3 is 2. The molecule has 0 aliphatic carbocycles. The number of carbonyl (C=O) groups is 2. The van der Waals surface area contributed by atoms with Crippen LogP contribution < -0.4 is 20.8 Å². The summed E-state index contributed by atoms with van der Waals surface area (Å²) in [5.41, 5.74) is 2.97. The Morgan fingerprint density at radius 2 is 1.93 bits per heavy atom. The lowest BCUT2D eigenvalue weighted by molar-refractivity contribution is 0.0595. The lowest BCUT2D eigenvalue weighted by Gasteiger charge is -2.10. The zero-order valence-corrected chi connectivity index (χ0v) is 15.6. The number of sulfonamides is 1. The first kappa shape index (κ1) is 20.2. The second-order valence-electron chi connectivity index (χ2n) is 4.86. The van der Waals surface area contributed by atoms with Crippen molar-refractivity contribution in [1.82, 2.24) is 24.5 Å². The Kier molecular flexibility index (Phi) is 5.41. The Bertz CT molecular complexity index is 1090. The molecule has 15 heteroatoms. The molecule has 0 spiro atoms. The average Bonchev–Trinajstić information content (AvgIpc) is 2.87. The third-order valence-electron chi connectivity index (χ3n) is 3.15. The summed E-state index contributed by atoms with van der Waals surface area (Å²) < 4.78 is 36.9. The standard InChI is InChI=1S/C12H13ClN6O7S/c1-19-10(4(6(13)17-19)11(22)26-3)27(23,24)18-8(21)5-7(20)15-12(14)16-9(5)25-2/h1-3H3,(H,18,21)(H3,14,15,16,20). The second kappa shape index (κ2) is 7.24. The van der Waals surface area contributed by atoms with Crippen LogP contribution in [-0.2, 0) is 21.8 Å². The smallest absolute Gasteiger partial charge is 0.344 e. The number of rotatable bonds is 5. The summed E-state index contributed by atoms with van der Waals surface area (Å²) in [5, 5.41) is 2.42. The molecule has 0 saturated carbocycles. The van der Waals surface area contributed by atoms with E-state index < -0.39 is 54.6 Å². The molecule has 13 nitrogen and oxygen atoms in total. The number of nitrogens with zero attached hydrogens (tertiary/aromatic N) is 3. The zero-order chi connectivity index (χ0) is 20.5. The number of aromatic amines is 1. The minimum absolute atomic E-state index is 0.345. The topological polar surface area (TPSA) is 188 Å². The molecule has 0 unspecified atom stereocenters. The maximum Gasteiger partial charge on any atom is 0.344 e. The van der Waals surface area contributed by atoms with E-state index in [1.807, 2.05) is 4.98 Å². The second-order valence-corrected chi connectivity index (χ2v) is 6.81. The Morgan fingerprint density at radius 1 is 1.30 bits per heavy atom. The molecule has 0 bridgehead atoms. The van der Waals surface area contributed by atoms with E-state index in [0.717, 1.165) is 18.9 Å². The highest BCUT2D eigenvalue weighted by atomic mass is 35.5. The molecule has 2 rings (SSSR count). The lowest BCUT2D eigenvalue weighted by atomic mass is 10.3. The molecule has 27 heavy (non-hydrogen) atoms. The maximum atomic E-state index is 12.6. The van der Waals surface area contributed by atoms with Crippen molar-refractivity contribution >= 4 is 39.4 Å². The number of halogens is 1. The van der Waals surface area contributed by atoms with Gasteiger partial charge < -0.3 is 15.2 Å². The summed E-state index contributed by atoms with van der Waals surface area (Å²) in [6, 6.07) is 0. The van der Waals surface area contributed by atoms with Crippen LogP contribution in [0.3, 0.4) is 0 Å². The van der Waals surface area contributed by atoms with Crippen LogP contribution in [-0.4, -0.2) is 54.3 Å². The highest BCUT2D eigenvalue weighted by Crippen LogP contribution is 2.24. The molecule has 2 heterocycles. The first-order valence-electron chi connectivity index (χ1n) is 6.85. The van der Waals surface area contributed by atoms with Crippen LogP contribution in [0.1, 0.15) is 20.7 Å². The normalized spacial score (nSPS) is 11.1. The van der Waals surface area contributed by atoms with Gasteiger partial charge in [-0.2, -0.15) is 18.5 Å². The Balaban J connectivity index is 2.55. The number of nitrogen functional groups attached to an aromatic ring is 1. The lowest BCUT2D eigenvalue weighted by Crippen LogP contribution is -2.36. The van der Waals surface area contributed by atoms with Gasteiger partial charge in [-0.25, -0.2) is 9.52 Å². The van der Waals surface area contributed by atoms with Crippen LogP contribution in [0.25, 0.3) is 0 Å². The van der Waals surface area contributed by atoms with Crippen molar-refractivity contribution in [2.45, 2.75) is 5.03 Å². The summed E-state index contributed by atoms with van der Waals surface area (Å²) in [5.74, 6) is -3.32. The molecular formula is C12H13ClN6O7S. The highest BCUT2D eigenvalue weighted by molar-refractivity contribution is 7.90. The van der Waals surface area contributed by atoms with E-state index in [4.69, 9.17) is 22.1 Å². The van der Waals surface area contributed by atoms with Crippen LogP contribution in [0.15, 0.2) is 9.82 Å². The van der Waals surface area contributed by atoms with E-state index in [1.165, 1.54) is 7.05 Å². The van der Waals surface area contributed by atoms with Crippen molar-refractivity contribution < 1.29 is 27.5 Å². The van der Waals surface area contributed by atoms with E-state index in [-0.39, 0.29) is 5.95 Å². The third-order valence-corrected chi connectivity index (χ3v) is 4.84. The molecule has 1 amide bonds. The fourth-order valence-corrected chi connectivity index (χ4v) is 3.71. The van der Waals surface area contributed by atoms with Crippen molar-refractivity contribution in [2.24, 2.45) is 7.05 Å². The van der Waals surface area contributed by atoms with Crippen LogP contribution in [0.5, 0.6) is 5.88 Å². The SMILES string of the molecule is COC(=O)c1c(Cl)nn(C)c1S(=O)(=O)NC(=O)c1c(OC)nc(N)[nH]c1=O. The van der Waals surface area contributed by atoms with Crippen LogP contribution in [0.2, 0.25) is 5.15 Å². The number of anilines is 1. The van der Waals surface area contributed by atoms with Crippen molar-refractivity contribution in [1.29, 1.82) is 0 Å². The van der Waals surface area contributed by atoms with E-state index in [2.05, 4.69) is 14.8 Å². The molecule has 0 aromatic carbocycles. The summed E-state index contributed by atoms with van der Waals surface area (Å²) in [7, 11) is -1.43. The minimum Gasteiger partial charge on any atom is -0.480 e. The molecule has 2 aromatic heterocycles. The largest absolute Gasteiger partial charge is 0.480 e. The number of nitrogens with two attached hydrogens (primary N) is 1. The van der Waals surface area contributed by atoms with Gasteiger partial charge in [0.05, 0.1) is 14.2 Å². The van der Waals surface area contributed by atoms with Gasteiger partial charge in [-0.15, -0.1) is 0 Å². The predicted octanol–water partition coefficient (Wildman–Crippen LogP) is -1.35. The molecule has 0 fully saturated rings. The van der Waals surface area contributed by atoms with Crippen molar-refractivity contribution in [3.05, 3.63) is 26.6 Å². The molecular weight excluding hydrogens is 408 g/mol. The Labute approximate surface area is 156 Å². The molecule has 4 N–H and O–H groups in total. The van der Waals surface area contributed by atoms with Gasteiger partial charge >= 0.3 is 5.97 Å². The predicted molar refractivity (Wildman–Crippen MR) is 90.0 cm³/mol. The van der Waals surface area contributed by atoms with Gasteiger partial charge in [0.25, 0.3) is 21.5 Å². The summed E-state index contributed by atoms with van der Waals surface area (Å²) >= 11 is 5.76. The first-order chi connectivity index (χ1) is 12.5. The summed E-state index contributed by atoms with van der Waals surface area (Å²) in [6.45, 7) is 0. The quantitative estimate of drug-likeness (QED) is 0.487. The molecule has 0 aliphatic heterocycles. The molecule has 0 saturated heterocycles. The summed E-state index contributed by atoms with van der Waals surface area (Å²) in [4.78, 5) is 41.8. The van der Waals surface area contributed by atoms with Crippen LogP contribution >= 0.6 is 11.6 Å². The van der Waals surface area contributed by atoms with E-state index >= 15 is 0 Å². The number of aryl methyl sites for hydroxylation is 1. The van der Waals surface area contributed by atoms with Gasteiger partial charge in [-0.1, -0.05) is 11.6 Å². The average molecular weight is 421 g/mol. The first-order valence-corrected chi connectivity index (χ1v) is 8.71. The zero-order valence-electron chi connectivity index (χ0n) is 14.1. The van der Waals surface area contributed by atoms with E-state index in [9.17, 15) is 22.8 Å². The number of hydrogen-bond donors (Lipinski definition) is 3. The van der Waals surface area contributed by atoms with Crippen LogP contribution in [0.4, 0.5) is 5.95 Å². The number of aromatic nitrogens is 4. The number of ether oxygens (including phenoxy) is 2. The molecule has 2 aromatic rings. The van der Waals surface area contributed by atoms with E-state index in [0.29, 0.717) is 0 Å². The molecule has 0 aliphatic rings. The minimum atomic E-state index is -4.71. The number of carbonyl (C=O) groups excluding carboxylic acids is 2. The Hall–Kier alpha value is -3.13. The van der Waals surface area contributed by atoms with Gasteiger partial charge in [-0.05, 0) is 0 Å². The van der Waals surface area contributed by atoms with Gasteiger partial charge in [-0.3, -0.25) is 19.3 Å². The van der Waals surface area contributed by atoms with Crippen molar-refractivity contribution in [3.8, 4) is 5.88 Å². The van der Waals surface area contributed by atoms with Gasteiger partial charge in [0.15, 0.2) is 15.7 Å². The van der Waals surface area contributed by atoms with Gasteiger partial charge in [0.2, 0.25) is 11.8 Å². The number of H-pyrrole nitrogens is 1. The maximum absolute atomic E-state index is 12.6. The fraction of sp³-hybridized carbons (Fsp3) is 0.250. The van der Waals surface area contributed by atoms with E-state index in [1.54, 1.807) is 4.72 Å². The van der Waals surface area contributed by atoms with Gasteiger partial charge in [0, 0.05) is 7.05 Å². The summed E-state index contributed by atoms with van der Waals surface area (Å²) in [6.07, 6.45) is 0. The number of amides is 1. The third kappa shape index (κ3) is 3.70. The highest BCUT2D eigenvalue weighted by Gasteiger charge is 2.34. The molecule has 146 valence electrons. The number of hydrogen-bond acceptors (Lipinski definition) is 10. The number of nitrogens with one attached hydrogen (secondary N) is 2. The number of esters is 1.